The van der Waals surface area contributed by atoms with Gasteiger partial charge < -0.3 is 19.7 Å². The molecule has 0 saturated carbocycles. The van der Waals surface area contributed by atoms with Crippen LogP contribution in [0.1, 0.15) is 20.1 Å². The quantitative estimate of drug-likeness (QED) is 0.335. The lowest BCUT2D eigenvalue weighted by molar-refractivity contribution is -0.145. The first kappa shape index (κ1) is 23.8. The largest absolute Gasteiger partial charge is 0.465 e. The van der Waals surface area contributed by atoms with E-state index < -0.39 is 38.1 Å². The van der Waals surface area contributed by atoms with Crippen molar-refractivity contribution in [3.63, 3.8) is 0 Å². The van der Waals surface area contributed by atoms with Crippen LogP contribution in [-0.4, -0.2) is 44.4 Å². The maximum atomic E-state index is 14.8. The number of carbonyl (C=O) groups is 1. The Kier molecular flexibility index (Phi) is 6.89. The highest BCUT2D eigenvalue weighted by molar-refractivity contribution is 7.52. The number of nitrogens with one attached hydrogen (secondary N) is 1. The summed E-state index contributed by atoms with van der Waals surface area (Å²) in [7, 11) is -4.27. The van der Waals surface area contributed by atoms with Crippen molar-refractivity contribution in [2.24, 2.45) is 0 Å². The van der Waals surface area contributed by atoms with Gasteiger partial charge in [0.1, 0.15) is 23.6 Å². The van der Waals surface area contributed by atoms with Crippen LogP contribution < -0.4 is 15.3 Å². The van der Waals surface area contributed by atoms with Crippen LogP contribution in [0.4, 0.5) is 10.2 Å². The summed E-state index contributed by atoms with van der Waals surface area (Å²) in [4.78, 5) is 24.1. The SMILES string of the molecule is CCOC(=O)[C@H](C)N[P@@](=O)(Oc1ccccc1)O[C@@H]1C=C(F)[C@H](n2cnc3c(N)ncnc32)O1. The molecule has 3 heterocycles. The number of anilines is 1. The van der Waals surface area contributed by atoms with E-state index in [1.165, 1.54) is 24.1 Å². The van der Waals surface area contributed by atoms with Gasteiger partial charge in [0.2, 0.25) is 0 Å². The minimum atomic E-state index is -4.27. The van der Waals surface area contributed by atoms with E-state index in [2.05, 4.69) is 20.0 Å². The number of hydrogen-bond acceptors (Lipinski definition) is 10. The molecule has 0 spiro atoms. The smallest absolute Gasteiger partial charge is 0.462 e. The van der Waals surface area contributed by atoms with E-state index in [0.29, 0.717) is 0 Å². The first-order valence-corrected chi connectivity index (χ1v) is 11.8. The van der Waals surface area contributed by atoms with Crippen LogP contribution in [-0.2, 0) is 23.4 Å². The van der Waals surface area contributed by atoms with E-state index in [-0.39, 0.29) is 29.3 Å². The van der Waals surface area contributed by atoms with Crippen LogP contribution in [0.25, 0.3) is 11.2 Å². The minimum Gasteiger partial charge on any atom is -0.465 e. The molecule has 0 aliphatic carbocycles. The fourth-order valence-electron chi connectivity index (χ4n) is 3.13. The molecule has 14 heteroatoms. The van der Waals surface area contributed by atoms with E-state index >= 15 is 0 Å². The van der Waals surface area contributed by atoms with E-state index in [9.17, 15) is 13.8 Å². The number of nitrogens with zero attached hydrogens (tertiary/aromatic N) is 4. The zero-order chi connectivity index (χ0) is 24.3. The topological polar surface area (TPSA) is 153 Å². The van der Waals surface area contributed by atoms with Gasteiger partial charge >= 0.3 is 13.7 Å². The molecule has 180 valence electrons. The van der Waals surface area contributed by atoms with Gasteiger partial charge in [-0.25, -0.2) is 23.9 Å². The second-order valence-electron chi connectivity index (χ2n) is 7.10. The normalized spacial score (nSPS) is 20.5. The molecule has 12 nitrogen and oxygen atoms in total. The van der Waals surface area contributed by atoms with Crippen LogP contribution in [0.3, 0.4) is 0 Å². The van der Waals surface area contributed by atoms with Crippen molar-refractivity contribution in [3.8, 4) is 5.75 Å². The molecule has 1 aliphatic rings. The van der Waals surface area contributed by atoms with Crippen molar-refractivity contribution in [1.82, 2.24) is 24.6 Å². The number of hydrogen-bond donors (Lipinski definition) is 2. The Bertz CT molecular complexity index is 1250. The minimum absolute atomic E-state index is 0.122. The number of rotatable bonds is 9. The Morgan fingerprint density at radius 3 is 2.82 bits per heavy atom. The maximum absolute atomic E-state index is 14.8. The lowest BCUT2D eigenvalue weighted by atomic mass is 10.3. The molecule has 0 saturated heterocycles. The maximum Gasteiger partial charge on any atom is 0.462 e. The van der Waals surface area contributed by atoms with Crippen molar-refractivity contribution in [1.29, 1.82) is 0 Å². The summed E-state index contributed by atoms with van der Waals surface area (Å²) in [5.74, 6) is -1.10. The Balaban J connectivity index is 1.55. The van der Waals surface area contributed by atoms with Crippen LogP contribution in [0, 0.1) is 0 Å². The summed E-state index contributed by atoms with van der Waals surface area (Å²) >= 11 is 0. The second kappa shape index (κ2) is 9.85. The summed E-state index contributed by atoms with van der Waals surface area (Å²) in [5, 5.41) is 2.50. The number of ether oxygens (including phenoxy) is 2. The monoisotopic (exact) mass is 492 g/mol. The van der Waals surface area contributed by atoms with E-state index in [1.807, 2.05) is 0 Å². The lowest BCUT2D eigenvalue weighted by Crippen LogP contribution is -2.36. The van der Waals surface area contributed by atoms with E-state index in [0.717, 1.165) is 6.08 Å². The van der Waals surface area contributed by atoms with Gasteiger partial charge in [-0.2, -0.15) is 5.09 Å². The predicted molar refractivity (Wildman–Crippen MR) is 118 cm³/mol. The number of carbonyl (C=O) groups excluding carboxylic acids is 1. The molecule has 1 aromatic carbocycles. The zero-order valence-electron chi connectivity index (χ0n) is 18.2. The van der Waals surface area contributed by atoms with Crippen molar-refractivity contribution < 1.29 is 32.3 Å². The average Bonchev–Trinajstić information content (AvgIpc) is 3.38. The summed E-state index contributed by atoms with van der Waals surface area (Å²) in [6.45, 7) is 3.20. The molecule has 0 bridgehead atoms. The van der Waals surface area contributed by atoms with Crippen LogP contribution in [0.2, 0.25) is 0 Å². The Morgan fingerprint density at radius 1 is 1.32 bits per heavy atom. The molecule has 0 amide bonds. The van der Waals surface area contributed by atoms with Gasteiger partial charge in [0.25, 0.3) is 0 Å². The summed E-state index contributed by atoms with van der Waals surface area (Å²) in [6, 6.07) is 7.09. The molecule has 0 fully saturated rings. The molecule has 3 aromatic rings. The number of nitrogen functional groups attached to an aromatic ring is 1. The van der Waals surface area contributed by atoms with Gasteiger partial charge in [0, 0.05) is 6.08 Å². The Morgan fingerprint density at radius 2 is 2.09 bits per heavy atom. The van der Waals surface area contributed by atoms with Gasteiger partial charge in [0.15, 0.2) is 29.8 Å². The molecular formula is C20H22FN6O6P. The highest BCUT2D eigenvalue weighted by Gasteiger charge is 2.39. The highest BCUT2D eigenvalue weighted by atomic mass is 31.2. The molecule has 0 unspecified atom stereocenters. The number of imidazole rings is 1. The standard InChI is InChI=1S/C20H22FN6O6P/c1-3-30-20(28)12(2)26-34(29,32-13-7-5-4-6-8-13)33-15-9-14(21)19(31-15)27-11-25-16-17(22)23-10-24-18(16)27/h4-12,15,19H,3H2,1-2H3,(H,26,29)(H2,22,23,24)/t12-,15+,19+,34+/m0/s1. The zero-order valence-corrected chi connectivity index (χ0v) is 19.1. The van der Waals surface area contributed by atoms with Gasteiger partial charge in [-0.15, -0.1) is 0 Å². The fraction of sp³-hybridized carbons (Fsp3) is 0.300. The summed E-state index contributed by atoms with van der Waals surface area (Å²) in [5.41, 5.74) is 6.28. The molecule has 4 atom stereocenters. The third-order valence-electron chi connectivity index (χ3n) is 4.64. The van der Waals surface area contributed by atoms with Crippen molar-refractivity contribution in [2.45, 2.75) is 32.4 Å². The van der Waals surface area contributed by atoms with Gasteiger partial charge in [-0.05, 0) is 26.0 Å². The number of para-hydroxylation sites is 1. The van der Waals surface area contributed by atoms with Gasteiger partial charge in [-0.1, -0.05) is 18.2 Å². The second-order valence-corrected chi connectivity index (χ2v) is 8.75. The molecule has 3 N–H and O–H groups in total. The van der Waals surface area contributed by atoms with Gasteiger partial charge in [-0.3, -0.25) is 13.9 Å². The van der Waals surface area contributed by atoms with E-state index in [1.54, 1.807) is 37.3 Å². The molecule has 2 aromatic heterocycles. The summed E-state index contributed by atoms with van der Waals surface area (Å²) < 4.78 is 51.3. The molecular weight excluding hydrogens is 470 g/mol. The first-order valence-electron chi connectivity index (χ1n) is 10.2. The molecule has 1 aliphatic heterocycles. The van der Waals surface area contributed by atoms with Crippen molar-refractivity contribution in [3.05, 3.63) is 54.9 Å². The third kappa shape index (κ3) is 5.07. The lowest BCUT2D eigenvalue weighted by Gasteiger charge is -2.25. The highest BCUT2D eigenvalue weighted by Crippen LogP contribution is 2.48. The number of fused-ring (bicyclic) bond motifs is 1. The Hall–Kier alpha value is -3.38. The van der Waals surface area contributed by atoms with Crippen molar-refractivity contribution >= 4 is 30.7 Å². The fourth-order valence-corrected chi connectivity index (χ4v) is 4.65. The molecule has 34 heavy (non-hydrogen) atoms. The van der Waals surface area contributed by atoms with Crippen LogP contribution >= 0.6 is 7.75 Å². The Labute approximate surface area is 193 Å². The average molecular weight is 492 g/mol. The predicted octanol–water partition coefficient (Wildman–Crippen LogP) is 2.86. The van der Waals surface area contributed by atoms with Crippen molar-refractivity contribution in [2.75, 3.05) is 12.3 Å². The number of halogens is 1. The number of nitrogens with two attached hydrogens (primary N) is 1. The molecule has 0 radical (unpaired) electrons. The first-order chi connectivity index (χ1) is 16.3. The number of aromatic nitrogens is 4. The van der Waals surface area contributed by atoms with Crippen LogP contribution in [0.5, 0.6) is 5.75 Å². The van der Waals surface area contributed by atoms with E-state index in [4.69, 9.17) is 24.3 Å². The molecule has 4 rings (SSSR count). The summed E-state index contributed by atoms with van der Waals surface area (Å²) in [6.07, 6.45) is 0.744. The van der Waals surface area contributed by atoms with Crippen LogP contribution in [0.15, 0.2) is 54.9 Å². The number of esters is 1. The number of benzene rings is 1. The van der Waals surface area contributed by atoms with Gasteiger partial charge in [0.05, 0.1) is 12.9 Å². The third-order valence-corrected chi connectivity index (χ3v) is 6.28.